The summed E-state index contributed by atoms with van der Waals surface area (Å²) in [5.74, 6) is 2.04. The third-order valence-corrected chi connectivity index (χ3v) is 5.65. The molecule has 0 radical (unpaired) electrons. The van der Waals surface area contributed by atoms with E-state index >= 15 is 0 Å². The molecule has 4 unspecified atom stereocenters. The molecule has 0 aromatic heterocycles. The smallest absolute Gasteiger partial charge is 0.246 e. The Morgan fingerprint density at radius 1 is 1.19 bits per heavy atom. The summed E-state index contributed by atoms with van der Waals surface area (Å²) < 4.78 is 0. The molecule has 2 saturated carbocycles. The van der Waals surface area contributed by atoms with Crippen LogP contribution in [0.4, 0.5) is 0 Å². The summed E-state index contributed by atoms with van der Waals surface area (Å²) in [7, 11) is 0. The van der Waals surface area contributed by atoms with Gasteiger partial charge < -0.3 is 10.2 Å². The van der Waals surface area contributed by atoms with Gasteiger partial charge in [0.15, 0.2) is 0 Å². The molecule has 2 amide bonds. The van der Waals surface area contributed by atoms with Gasteiger partial charge in [0, 0.05) is 6.54 Å². The molecule has 0 aromatic carbocycles. The summed E-state index contributed by atoms with van der Waals surface area (Å²) in [6.07, 6.45) is 5.88. The minimum absolute atomic E-state index is 0.0622. The van der Waals surface area contributed by atoms with Gasteiger partial charge in [0.05, 0.1) is 0 Å². The first-order chi connectivity index (χ1) is 9.99. The van der Waals surface area contributed by atoms with Crippen LogP contribution in [-0.4, -0.2) is 35.3 Å². The van der Waals surface area contributed by atoms with Crippen LogP contribution in [0.25, 0.3) is 0 Å². The van der Waals surface area contributed by atoms with Crippen LogP contribution in [0.3, 0.4) is 0 Å². The Kier molecular flexibility index (Phi) is 3.98. The molecule has 3 fully saturated rings. The summed E-state index contributed by atoms with van der Waals surface area (Å²) in [4.78, 5) is 27.3. The van der Waals surface area contributed by atoms with Gasteiger partial charge in [0.2, 0.25) is 11.8 Å². The quantitative estimate of drug-likeness (QED) is 0.863. The van der Waals surface area contributed by atoms with Crippen molar-refractivity contribution in [1.82, 2.24) is 10.2 Å². The predicted molar refractivity (Wildman–Crippen MR) is 81.5 cm³/mol. The highest BCUT2D eigenvalue weighted by Gasteiger charge is 2.48. The van der Waals surface area contributed by atoms with Gasteiger partial charge in [0.1, 0.15) is 12.1 Å². The molecular formula is C17H28N2O2. The number of rotatable bonds is 4. The van der Waals surface area contributed by atoms with Gasteiger partial charge >= 0.3 is 0 Å². The lowest BCUT2D eigenvalue weighted by atomic mass is 9.91. The lowest BCUT2D eigenvalue weighted by Gasteiger charge is -2.42. The second kappa shape index (κ2) is 5.62. The highest BCUT2D eigenvalue weighted by molar-refractivity contribution is 5.97. The van der Waals surface area contributed by atoms with Gasteiger partial charge in [-0.2, -0.15) is 0 Å². The van der Waals surface area contributed by atoms with Crippen molar-refractivity contribution in [2.45, 2.75) is 65.0 Å². The Labute approximate surface area is 127 Å². The average molecular weight is 292 g/mol. The van der Waals surface area contributed by atoms with Crippen LogP contribution in [0.2, 0.25) is 0 Å². The third-order valence-electron chi connectivity index (χ3n) is 5.65. The molecule has 1 saturated heterocycles. The zero-order valence-corrected chi connectivity index (χ0v) is 13.5. The minimum atomic E-state index is -0.278. The SMILES string of the molecule is CC(C)C1C(=O)NC(C2CC2)C(=O)N1CC1CCCC1C. The highest BCUT2D eigenvalue weighted by atomic mass is 16.2. The number of piperazine rings is 1. The van der Waals surface area contributed by atoms with Crippen LogP contribution in [0.1, 0.15) is 52.9 Å². The number of nitrogens with zero attached hydrogens (tertiary/aromatic N) is 1. The molecule has 1 aliphatic heterocycles. The maximum atomic E-state index is 12.9. The number of hydrogen-bond acceptors (Lipinski definition) is 2. The summed E-state index contributed by atoms with van der Waals surface area (Å²) in [5.41, 5.74) is 0. The first-order valence-electron chi connectivity index (χ1n) is 8.60. The van der Waals surface area contributed by atoms with Crippen LogP contribution < -0.4 is 5.32 Å². The number of carbonyl (C=O) groups excluding carboxylic acids is 2. The zero-order valence-electron chi connectivity index (χ0n) is 13.5. The van der Waals surface area contributed by atoms with E-state index in [0.29, 0.717) is 17.8 Å². The molecule has 1 heterocycles. The minimum Gasteiger partial charge on any atom is -0.342 e. The van der Waals surface area contributed by atoms with E-state index in [0.717, 1.165) is 19.4 Å². The second-order valence-electron chi connectivity index (χ2n) is 7.67. The molecule has 4 heteroatoms. The summed E-state index contributed by atoms with van der Waals surface area (Å²) >= 11 is 0. The zero-order chi connectivity index (χ0) is 15.1. The van der Waals surface area contributed by atoms with Crippen LogP contribution >= 0.6 is 0 Å². The van der Waals surface area contributed by atoms with Gasteiger partial charge in [-0.3, -0.25) is 9.59 Å². The first-order valence-corrected chi connectivity index (χ1v) is 8.60. The number of carbonyl (C=O) groups is 2. The monoisotopic (exact) mass is 292 g/mol. The molecule has 1 N–H and O–H groups in total. The Bertz CT molecular complexity index is 431. The van der Waals surface area contributed by atoms with E-state index in [2.05, 4.69) is 12.2 Å². The summed E-state index contributed by atoms with van der Waals surface area (Å²) in [5, 5.41) is 3.00. The predicted octanol–water partition coefficient (Wildman–Crippen LogP) is 2.18. The third kappa shape index (κ3) is 2.82. The normalized spacial score (nSPS) is 37.2. The van der Waals surface area contributed by atoms with E-state index in [9.17, 15) is 9.59 Å². The van der Waals surface area contributed by atoms with E-state index < -0.39 is 0 Å². The molecule has 21 heavy (non-hydrogen) atoms. The van der Waals surface area contributed by atoms with E-state index in [-0.39, 0.29) is 29.8 Å². The largest absolute Gasteiger partial charge is 0.342 e. The lowest BCUT2D eigenvalue weighted by molar-refractivity contribution is -0.152. The second-order valence-corrected chi connectivity index (χ2v) is 7.67. The fourth-order valence-electron chi connectivity index (χ4n) is 4.12. The van der Waals surface area contributed by atoms with Gasteiger partial charge in [-0.1, -0.05) is 33.6 Å². The summed E-state index contributed by atoms with van der Waals surface area (Å²) in [6.45, 7) is 7.15. The number of hydrogen-bond donors (Lipinski definition) is 1. The maximum Gasteiger partial charge on any atom is 0.246 e. The molecule has 4 atom stereocenters. The Hall–Kier alpha value is -1.06. The standard InChI is InChI=1S/C17H28N2O2/c1-10(2)15-16(20)18-14(12-7-8-12)17(21)19(15)9-13-6-4-5-11(13)3/h10-15H,4-9H2,1-3H3,(H,18,20). The van der Waals surface area contributed by atoms with Crippen LogP contribution in [0.15, 0.2) is 0 Å². The van der Waals surface area contributed by atoms with E-state index in [1.54, 1.807) is 0 Å². The fraction of sp³-hybridized carbons (Fsp3) is 0.882. The van der Waals surface area contributed by atoms with Crippen LogP contribution in [0, 0.1) is 23.7 Å². The topological polar surface area (TPSA) is 49.4 Å². The van der Waals surface area contributed by atoms with Crippen molar-refractivity contribution in [1.29, 1.82) is 0 Å². The van der Waals surface area contributed by atoms with Crippen molar-refractivity contribution < 1.29 is 9.59 Å². The van der Waals surface area contributed by atoms with Gasteiger partial charge in [0.25, 0.3) is 0 Å². The maximum absolute atomic E-state index is 12.9. The van der Waals surface area contributed by atoms with Crippen molar-refractivity contribution in [3.63, 3.8) is 0 Å². The van der Waals surface area contributed by atoms with Crippen molar-refractivity contribution in [2.24, 2.45) is 23.7 Å². The van der Waals surface area contributed by atoms with Gasteiger partial charge in [-0.05, 0) is 42.9 Å². The molecule has 0 aromatic rings. The van der Waals surface area contributed by atoms with E-state index in [1.165, 1.54) is 19.3 Å². The highest BCUT2D eigenvalue weighted by Crippen LogP contribution is 2.37. The van der Waals surface area contributed by atoms with Crippen molar-refractivity contribution in [3.05, 3.63) is 0 Å². The van der Waals surface area contributed by atoms with Crippen molar-refractivity contribution >= 4 is 11.8 Å². The van der Waals surface area contributed by atoms with Crippen molar-refractivity contribution in [3.8, 4) is 0 Å². The Morgan fingerprint density at radius 3 is 2.43 bits per heavy atom. The molecular weight excluding hydrogens is 264 g/mol. The number of amides is 2. The fourth-order valence-corrected chi connectivity index (χ4v) is 4.12. The molecule has 118 valence electrons. The average Bonchev–Trinajstić information content (AvgIpc) is 3.18. The molecule has 0 spiro atoms. The molecule has 3 rings (SSSR count). The molecule has 4 nitrogen and oxygen atoms in total. The number of nitrogens with one attached hydrogen (secondary N) is 1. The Morgan fingerprint density at radius 2 is 1.90 bits per heavy atom. The van der Waals surface area contributed by atoms with Crippen molar-refractivity contribution in [2.75, 3.05) is 6.54 Å². The summed E-state index contributed by atoms with van der Waals surface area (Å²) in [6, 6.07) is -0.524. The van der Waals surface area contributed by atoms with E-state index in [1.807, 2.05) is 18.7 Å². The Balaban J connectivity index is 1.79. The molecule has 2 aliphatic carbocycles. The first kappa shape index (κ1) is 14.9. The van der Waals surface area contributed by atoms with Crippen LogP contribution in [-0.2, 0) is 9.59 Å². The van der Waals surface area contributed by atoms with Crippen LogP contribution in [0.5, 0.6) is 0 Å². The lowest BCUT2D eigenvalue weighted by Crippen LogP contribution is -2.66. The van der Waals surface area contributed by atoms with Gasteiger partial charge in [-0.15, -0.1) is 0 Å². The molecule has 3 aliphatic rings. The molecule has 0 bridgehead atoms. The van der Waals surface area contributed by atoms with Gasteiger partial charge in [-0.25, -0.2) is 0 Å². The van der Waals surface area contributed by atoms with E-state index in [4.69, 9.17) is 0 Å².